The second kappa shape index (κ2) is 9.51. The van der Waals surface area contributed by atoms with Gasteiger partial charge in [-0.2, -0.15) is 0 Å². The zero-order chi connectivity index (χ0) is 15.7. The van der Waals surface area contributed by atoms with Crippen molar-refractivity contribution in [2.24, 2.45) is 0 Å². The van der Waals surface area contributed by atoms with Crippen LogP contribution in [-0.2, 0) is 23.3 Å². The number of esters is 1. The van der Waals surface area contributed by atoms with Gasteiger partial charge in [0.25, 0.3) is 0 Å². The normalized spacial score (nSPS) is 10.2. The predicted octanol–water partition coefficient (Wildman–Crippen LogP) is 0.658. The molecule has 0 aromatic heterocycles. The van der Waals surface area contributed by atoms with Crippen LogP contribution < -0.4 is 9.30 Å². The fourth-order valence-corrected chi connectivity index (χ4v) is 2.49. The molecule has 1 aromatic carbocycles. The molecular formula is C13H17GeNO6. The van der Waals surface area contributed by atoms with E-state index in [1.807, 2.05) is 0 Å². The molecule has 0 spiro atoms. The Kier molecular flexibility index (Phi) is 7.98. The molecule has 7 nitrogen and oxygen atoms in total. The molecule has 1 N–H and O–H groups in total. The predicted molar refractivity (Wildman–Crippen MR) is 75.9 cm³/mol. The molecular weight excluding hydrogens is 339 g/mol. The monoisotopic (exact) mass is 357 g/mol. The van der Waals surface area contributed by atoms with Crippen LogP contribution in [0.1, 0.15) is 19.8 Å². The number of hydrogen-bond acceptors (Lipinski definition) is 6. The third kappa shape index (κ3) is 6.25. The number of anilines is 1. The van der Waals surface area contributed by atoms with Crippen LogP contribution in [0.2, 0.25) is 0 Å². The fourth-order valence-electron chi connectivity index (χ4n) is 1.57. The number of hydrogen-bond donors (Lipinski definition) is 1. The van der Waals surface area contributed by atoms with E-state index in [2.05, 4.69) is 8.95 Å². The summed E-state index contributed by atoms with van der Waals surface area (Å²) in [6, 6.07) is 7.12. The summed E-state index contributed by atoms with van der Waals surface area (Å²) >= 11 is -1.01. The molecule has 0 aliphatic rings. The number of carbonyl (C=O) groups is 2. The van der Waals surface area contributed by atoms with Crippen molar-refractivity contribution < 1.29 is 28.5 Å². The van der Waals surface area contributed by atoms with Crippen LogP contribution in [0.15, 0.2) is 24.3 Å². The first-order valence-electron chi connectivity index (χ1n) is 6.33. The Morgan fingerprint density at radius 1 is 1.24 bits per heavy atom. The third-order valence-corrected chi connectivity index (χ3v) is 4.20. The van der Waals surface area contributed by atoms with Crippen LogP contribution in [0.25, 0.3) is 0 Å². The van der Waals surface area contributed by atoms with Gasteiger partial charge in [-0.15, -0.1) is 0 Å². The Hall–Kier alpha value is -1.42. The van der Waals surface area contributed by atoms with Crippen molar-refractivity contribution >= 4 is 37.7 Å². The number of carbonyl (C=O) groups excluding carboxylic acids is 2. The summed E-state index contributed by atoms with van der Waals surface area (Å²) in [6.45, 7) is 2.04. The Balaban J connectivity index is 2.51. The summed E-state index contributed by atoms with van der Waals surface area (Å²) in [4.78, 5) is 24.7. The second-order valence-corrected chi connectivity index (χ2v) is 6.05. The summed E-state index contributed by atoms with van der Waals surface area (Å²) in [5, 5.41) is 11.7. The Morgan fingerprint density at radius 3 is 2.48 bits per heavy atom. The van der Waals surface area contributed by atoms with Crippen LogP contribution in [0.3, 0.4) is 0 Å². The van der Waals surface area contributed by atoms with Gasteiger partial charge in [-0.25, -0.2) is 0 Å². The summed E-state index contributed by atoms with van der Waals surface area (Å²) in [5.41, 5.74) is 0.712. The Labute approximate surface area is 129 Å². The van der Waals surface area contributed by atoms with E-state index in [0.717, 1.165) is 4.40 Å². The zero-order valence-corrected chi connectivity index (χ0v) is 14.0. The number of nitrogens with zero attached hydrogens (tertiary/aromatic N) is 1. The average Bonchev–Trinajstić information content (AvgIpc) is 2.50. The molecule has 0 unspecified atom stereocenters. The summed E-state index contributed by atoms with van der Waals surface area (Å²) in [7, 11) is 1.64. The first kappa shape index (κ1) is 17.6. The van der Waals surface area contributed by atoms with Gasteiger partial charge in [-0.1, -0.05) is 0 Å². The molecule has 0 saturated carbocycles. The standard InChI is InChI=1S/C13H17GeNO6/c1-3-19-13(17)9-8-12(16)15(2)11-6-4-10(5-7-11)14-20-21-18/h4-7,18H,3,8-9H2,1-2H3. The van der Waals surface area contributed by atoms with Crippen LogP contribution in [0.5, 0.6) is 0 Å². The molecule has 1 rings (SSSR count). The molecule has 1 amide bonds. The van der Waals surface area contributed by atoms with Crippen molar-refractivity contribution in [3.8, 4) is 0 Å². The van der Waals surface area contributed by atoms with Crippen molar-refractivity contribution in [1.82, 2.24) is 0 Å². The Bertz CT molecular complexity index is 464. The SMILES string of the molecule is CCOC(=O)CCC(=O)N(C)c1cc[c]([Ge][O]OO)cc1. The van der Waals surface area contributed by atoms with Crippen molar-refractivity contribution in [3.05, 3.63) is 24.3 Å². The van der Waals surface area contributed by atoms with Crippen LogP contribution in [0.4, 0.5) is 5.69 Å². The molecule has 0 saturated heterocycles. The van der Waals surface area contributed by atoms with Gasteiger partial charge in [0, 0.05) is 0 Å². The Morgan fingerprint density at radius 2 is 1.90 bits per heavy atom. The van der Waals surface area contributed by atoms with E-state index in [9.17, 15) is 9.59 Å². The molecule has 0 heterocycles. The van der Waals surface area contributed by atoms with Crippen molar-refractivity contribution in [1.29, 1.82) is 0 Å². The van der Waals surface area contributed by atoms with Gasteiger partial charge in [-0.3, -0.25) is 0 Å². The van der Waals surface area contributed by atoms with Crippen LogP contribution in [-0.4, -0.2) is 46.6 Å². The minimum atomic E-state index is -1.01. The fraction of sp³-hybridized carbons (Fsp3) is 0.385. The van der Waals surface area contributed by atoms with Gasteiger partial charge in [-0.05, 0) is 0 Å². The number of ether oxygens (including phenoxy) is 1. The molecule has 21 heavy (non-hydrogen) atoms. The minimum absolute atomic E-state index is 0.0724. The van der Waals surface area contributed by atoms with Gasteiger partial charge < -0.3 is 0 Å². The number of benzene rings is 1. The first-order valence-corrected chi connectivity index (χ1v) is 8.24. The van der Waals surface area contributed by atoms with Gasteiger partial charge in [0.05, 0.1) is 0 Å². The van der Waals surface area contributed by atoms with Crippen LogP contribution >= 0.6 is 0 Å². The molecule has 0 aliphatic carbocycles. The topological polar surface area (TPSA) is 85.3 Å². The maximum atomic E-state index is 12.0. The van der Waals surface area contributed by atoms with E-state index in [1.165, 1.54) is 4.90 Å². The van der Waals surface area contributed by atoms with Crippen LogP contribution in [0, 0.1) is 0 Å². The van der Waals surface area contributed by atoms with E-state index in [1.54, 1.807) is 38.2 Å². The molecule has 0 aliphatic heterocycles. The van der Waals surface area contributed by atoms with Crippen molar-refractivity contribution in [2.75, 3.05) is 18.6 Å². The van der Waals surface area contributed by atoms with Gasteiger partial charge in [0.15, 0.2) is 0 Å². The van der Waals surface area contributed by atoms with Crippen molar-refractivity contribution in [3.63, 3.8) is 0 Å². The van der Waals surface area contributed by atoms with E-state index >= 15 is 0 Å². The number of rotatable bonds is 8. The van der Waals surface area contributed by atoms with E-state index < -0.39 is 15.8 Å². The summed E-state index contributed by atoms with van der Waals surface area (Å²) < 4.78 is 10.2. The van der Waals surface area contributed by atoms with E-state index in [-0.39, 0.29) is 24.7 Å². The van der Waals surface area contributed by atoms with E-state index in [0.29, 0.717) is 12.3 Å². The molecule has 1 aromatic rings. The summed E-state index contributed by atoms with van der Waals surface area (Å²) in [6.07, 6.45) is 0.176. The molecule has 0 fully saturated rings. The third-order valence-electron chi connectivity index (χ3n) is 2.67. The van der Waals surface area contributed by atoms with Crippen molar-refractivity contribution in [2.45, 2.75) is 19.8 Å². The summed E-state index contributed by atoms with van der Waals surface area (Å²) in [5.74, 6) is -0.539. The molecule has 0 atom stereocenters. The number of amides is 1. The molecule has 2 radical (unpaired) electrons. The van der Waals surface area contributed by atoms with E-state index in [4.69, 9.17) is 9.99 Å². The average molecular weight is 356 g/mol. The maximum absolute atomic E-state index is 12.0. The second-order valence-electron chi connectivity index (χ2n) is 4.06. The first-order chi connectivity index (χ1) is 10.1. The van der Waals surface area contributed by atoms with Gasteiger partial charge in [0.1, 0.15) is 0 Å². The van der Waals surface area contributed by atoms with Gasteiger partial charge >= 0.3 is 129 Å². The quantitative estimate of drug-likeness (QED) is 0.319. The van der Waals surface area contributed by atoms with Gasteiger partial charge in [0.2, 0.25) is 0 Å². The molecule has 114 valence electrons. The molecule has 8 heteroatoms. The molecule has 0 bridgehead atoms. The zero-order valence-electron chi connectivity index (χ0n) is 11.9.